The van der Waals surface area contributed by atoms with E-state index in [0.717, 1.165) is 6.42 Å². The molecule has 1 saturated heterocycles. The number of rotatable bonds is 3. The summed E-state index contributed by atoms with van der Waals surface area (Å²) in [4.78, 5) is 2.36. The van der Waals surface area contributed by atoms with Crippen molar-refractivity contribution in [2.75, 3.05) is 0 Å². The summed E-state index contributed by atoms with van der Waals surface area (Å²) in [5.74, 6) is -0.206. The van der Waals surface area contributed by atoms with Gasteiger partial charge in [-0.25, -0.2) is 4.39 Å². The van der Waals surface area contributed by atoms with Gasteiger partial charge in [0.15, 0.2) is 0 Å². The molecule has 18 heavy (non-hydrogen) atoms. The van der Waals surface area contributed by atoms with Crippen LogP contribution in [-0.2, 0) is 6.54 Å². The van der Waals surface area contributed by atoms with Gasteiger partial charge in [0.25, 0.3) is 0 Å². The molecule has 0 radical (unpaired) electrons. The quantitative estimate of drug-likeness (QED) is 0.816. The molecule has 1 aliphatic heterocycles. The monoisotopic (exact) mass is 246 g/mol. The van der Waals surface area contributed by atoms with Crippen molar-refractivity contribution in [2.45, 2.75) is 51.7 Å². The Kier molecular flexibility index (Phi) is 3.98. The summed E-state index contributed by atoms with van der Waals surface area (Å²) in [5.41, 5.74) is 1.17. The number of nitriles is 1. The molecule has 3 heteroatoms. The molecule has 0 aromatic heterocycles. The Bertz CT molecular complexity index is 464. The van der Waals surface area contributed by atoms with Crippen molar-refractivity contribution in [1.82, 2.24) is 4.90 Å². The third-order valence-corrected chi connectivity index (χ3v) is 3.95. The molecular formula is C15H19FN2. The molecule has 0 saturated carbocycles. The maximum absolute atomic E-state index is 13.8. The summed E-state index contributed by atoms with van der Waals surface area (Å²) in [7, 11) is 0. The number of hydrogen-bond acceptors (Lipinski definition) is 2. The Morgan fingerprint density at radius 1 is 1.44 bits per heavy atom. The highest BCUT2D eigenvalue weighted by Gasteiger charge is 2.29. The molecule has 0 N–H and O–H groups in total. The molecule has 2 atom stereocenters. The van der Waals surface area contributed by atoms with E-state index in [1.807, 2.05) is 0 Å². The molecular weight excluding hydrogens is 227 g/mol. The highest BCUT2D eigenvalue weighted by molar-refractivity contribution is 5.33. The lowest BCUT2D eigenvalue weighted by molar-refractivity contribution is 0.187. The molecule has 1 aromatic carbocycles. The molecule has 2 rings (SSSR count). The van der Waals surface area contributed by atoms with Gasteiger partial charge in [-0.1, -0.05) is 6.92 Å². The van der Waals surface area contributed by atoms with Crippen LogP contribution in [0.3, 0.4) is 0 Å². The van der Waals surface area contributed by atoms with Gasteiger partial charge in [0.2, 0.25) is 0 Å². The van der Waals surface area contributed by atoms with Gasteiger partial charge in [0, 0.05) is 24.2 Å². The van der Waals surface area contributed by atoms with Gasteiger partial charge in [-0.2, -0.15) is 5.26 Å². The van der Waals surface area contributed by atoms with Crippen LogP contribution in [0.1, 0.15) is 44.2 Å². The molecule has 0 bridgehead atoms. The van der Waals surface area contributed by atoms with Crippen molar-refractivity contribution in [3.8, 4) is 6.07 Å². The van der Waals surface area contributed by atoms with Crippen LogP contribution in [0.15, 0.2) is 18.2 Å². The van der Waals surface area contributed by atoms with Crippen LogP contribution >= 0.6 is 0 Å². The van der Waals surface area contributed by atoms with Gasteiger partial charge in [0.05, 0.1) is 11.6 Å². The van der Waals surface area contributed by atoms with E-state index >= 15 is 0 Å². The van der Waals surface area contributed by atoms with Gasteiger partial charge >= 0.3 is 0 Å². The Morgan fingerprint density at radius 3 is 2.89 bits per heavy atom. The number of benzene rings is 1. The number of likely N-dealkylation sites (tertiary alicyclic amines) is 1. The average molecular weight is 246 g/mol. The molecule has 2 unspecified atom stereocenters. The van der Waals surface area contributed by atoms with Gasteiger partial charge < -0.3 is 0 Å². The van der Waals surface area contributed by atoms with E-state index < -0.39 is 0 Å². The minimum atomic E-state index is -0.206. The van der Waals surface area contributed by atoms with Crippen molar-refractivity contribution in [3.63, 3.8) is 0 Å². The van der Waals surface area contributed by atoms with Crippen molar-refractivity contribution in [2.24, 2.45) is 0 Å². The van der Waals surface area contributed by atoms with Gasteiger partial charge in [-0.05, 0) is 44.4 Å². The third-order valence-electron chi connectivity index (χ3n) is 3.95. The molecule has 2 nitrogen and oxygen atoms in total. The van der Waals surface area contributed by atoms with Crippen LogP contribution in [0.4, 0.5) is 4.39 Å². The third kappa shape index (κ3) is 2.54. The van der Waals surface area contributed by atoms with E-state index in [2.05, 4.69) is 24.8 Å². The smallest absolute Gasteiger partial charge is 0.127 e. The van der Waals surface area contributed by atoms with E-state index in [1.54, 1.807) is 6.07 Å². The van der Waals surface area contributed by atoms with E-state index in [9.17, 15) is 4.39 Å². The van der Waals surface area contributed by atoms with E-state index in [0.29, 0.717) is 29.8 Å². The minimum Gasteiger partial charge on any atom is -0.293 e. The summed E-state index contributed by atoms with van der Waals surface area (Å²) < 4.78 is 13.8. The minimum absolute atomic E-state index is 0.206. The Morgan fingerprint density at radius 2 is 2.22 bits per heavy atom. The highest BCUT2D eigenvalue weighted by atomic mass is 19.1. The standard InChI is InChI=1S/C15H19FN2/c1-3-14-6-4-11(2)18(14)10-13-8-12(9-17)5-7-15(13)16/h5,7-8,11,14H,3-4,6,10H2,1-2H3. The lowest BCUT2D eigenvalue weighted by atomic mass is 10.1. The Hall–Kier alpha value is -1.40. The molecule has 1 aliphatic rings. The fraction of sp³-hybridized carbons (Fsp3) is 0.533. The van der Waals surface area contributed by atoms with E-state index in [4.69, 9.17) is 5.26 Å². The molecule has 1 heterocycles. The largest absolute Gasteiger partial charge is 0.293 e. The zero-order valence-electron chi connectivity index (χ0n) is 11.0. The second kappa shape index (κ2) is 5.49. The summed E-state index contributed by atoms with van der Waals surface area (Å²) >= 11 is 0. The molecule has 96 valence electrons. The molecule has 0 amide bonds. The van der Waals surface area contributed by atoms with E-state index in [-0.39, 0.29) is 5.82 Å². The first-order valence-corrected chi connectivity index (χ1v) is 6.60. The maximum Gasteiger partial charge on any atom is 0.127 e. The topological polar surface area (TPSA) is 27.0 Å². The molecule has 0 spiro atoms. The first kappa shape index (κ1) is 13.0. The number of halogens is 1. The fourth-order valence-corrected chi connectivity index (χ4v) is 2.81. The molecule has 1 fully saturated rings. The Labute approximate surface area is 108 Å². The van der Waals surface area contributed by atoms with Gasteiger partial charge in [-0.15, -0.1) is 0 Å². The van der Waals surface area contributed by atoms with Crippen molar-refractivity contribution < 1.29 is 4.39 Å². The van der Waals surface area contributed by atoms with Crippen molar-refractivity contribution in [3.05, 3.63) is 35.1 Å². The van der Waals surface area contributed by atoms with Gasteiger partial charge in [-0.3, -0.25) is 4.90 Å². The highest BCUT2D eigenvalue weighted by Crippen LogP contribution is 2.28. The second-order valence-electron chi connectivity index (χ2n) is 5.08. The first-order valence-electron chi connectivity index (χ1n) is 6.60. The van der Waals surface area contributed by atoms with Crippen molar-refractivity contribution in [1.29, 1.82) is 5.26 Å². The Balaban J connectivity index is 2.20. The van der Waals surface area contributed by atoms with E-state index in [1.165, 1.54) is 25.0 Å². The summed E-state index contributed by atoms with van der Waals surface area (Å²) in [6, 6.07) is 7.72. The van der Waals surface area contributed by atoms with Crippen LogP contribution < -0.4 is 0 Å². The summed E-state index contributed by atoms with van der Waals surface area (Å²) in [6.45, 7) is 4.99. The van der Waals surface area contributed by atoms with Crippen LogP contribution in [0.25, 0.3) is 0 Å². The first-order chi connectivity index (χ1) is 8.65. The van der Waals surface area contributed by atoms with Crippen molar-refractivity contribution >= 4 is 0 Å². The predicted molar refractivity (Wildman–Crippen MR) is 69.4 cm³/mol. The van der Waals surface area contributed by atoms with Crippen LogP contribution in [-0.4, -0.2) is 17.0 Å². The lowest BCUT2D eigenvalue weighted by Gasteiger charge is -2.27. The SMILES string of the molecule is CCC1CCC(C)N1Cc1cc(C#N)ccc1F. The van der Waals surface area contributed by atoms with Crippen LogP contribution in [0.2, 0.25) is 0 Å². The maximum atomic E-state index is 13.8. The number of hydrogen-bond donors (Lipinski definition) is 0. The summed E-state index contributed by atoms with van der Waals surface area (Å²) in [6.07, 6.45) is 3.47. The van der Waals surface area contributed by atoms with Crippen LogP contribution in [0, 0.1) is 17.1 Å². The predicted octanol–water partition coefficient (Wildman–Crippen LogP) is 3.46. The molecule has 0 aliphatic carbocycles. The zero-order chi connectivity index (χ0) is 13.1. The van der Waals surface area contributed by atoms with Gasteiger partial charge in [0.1, 0.15) is 5.82 Å². The zero-order valence-corrected chi connectivity index (χ0v) is 11.0. The number of nitrogens with zero attached hydrogens (tertiary/aromatic N) is 2. The lowest BCUT2D eigenvalue weighted by Crippen LogP contribution is -2.33. The average Bonchev–Trinajstić information content (AvgIpc) is 2.73. The second-order valence-corrected chi connectivity index (χ2v) is 5.08. The molecule has 1 aromatic rings. The summed E-state index contributed by atoms with van der Waals surface area (Å²) in [5, 5.41) is 8.88. The normalized spacial score (nSPS) is 24.1. The van der Waals surface area contributed by atoms with Crippen LogP contribution in [0.5, 0.6) is 0 Å². The fourth-order valence-electron chi connectivity index (χ4n) is 2.81.